The van der Waals surface area contributed by atoms with Crippen molar-refractivity contribution < 1.29 is 24.9 Å². The molecule has 3 N–H and O–H groups in total. The first-order valence-corrected chi connectivity index (χ1v) is 15.9. The summed E-state index contributed by atoms with van der Waals surface area (Å²) in [4.78, 5) is 23.4. The number of carboxylic acids is 2. The second-order valence-electron chi connectivity index (χ2n) is 16.1. The van der Waals surface area contributed by atoms with Crippen LogP contribution in [0.4, 0.5) is 0 Å². The van der Waals surface area contributed by atoms with Crippen molar-refractivity contribution in [3.8, 4) is 0 Å². The summed E-state index contributed by atoms with van der Waals surface area (Å²) in [6.07, 6.45) is 12.6. The van der Waals surface area contributed by atoms with Gasteiger partial charge >= 0.3 is 11.9 Å². The predicted octanol–water partition coefficient (Wildman–Crippen LogP) is 7.57. The number of aliphatic hydroxyl groups is 1. The van der Waals surface area contributed by atoms with Crippen LogP contribution in [-0.4, -0.2) is 33.9 Å². The Morgan fingerprint density at radius 2 is 1.51 bits per heavy atom. The van der Waals surface area contributed by atoms with E-state index in [9.17, 15) is 24.9 Å². The molecule has 0 amide bonds. The van der Waals surface area contributed by atoms with Gasteiger partial charge in [0.2, 0.25) is 0 Å². The Morgan fingerprint density at radius 3 is 2.15 bits per heavy atom. The lowest BCUT2D eigenvalue weighted by atomic mass is 9.31. The number of rotatable bonds is 7. The molecule has 0 spiro atoms. The third-order valence-electron chi connectivity index (χ3n) is 14.8. The van der Waals surface area contributed by atoms with Crippen LogP contribution >= 0.6 is 0 Å². The molecule has 5 aliphatic rings. The first kappa shape index (κ1) is 29.1. The van der Waals surface area contributed by atoms with Crippen LogP contribution in [-0.2, 0) is 9.59 Å². The number of hydrogen-bond donors (Lipinski definition) is 3. The molecular weight excluding hydrogens is 488 g/mol. The van der Waals surface area contributed by atoms with Gasteiger partial charge in [-0.15, -0.1) is 0 Å². The number of aliphatic carboxylic acids is 2. The molecule has 0 aliphatic heterocycles. The maximum absolute atomic E-state index is 11.7. The van der Waals surface area contributed by atoms with Gasteiger partial charge in [-0.05, 0) is 139 Å². The molecule has 0 saturated heterocycles. The van der Waals surface area contributed by atoms with Gasteiger partial charge in [0.1, 0.15) is 0 Å². The van der Waals surface area contributed by atoms with Crippen LogP contribution in [0.3, 0.4) is 0 Å². The predicted molar refractivity (Wildman–Crippen MR) is 153 cm³/mol. The molecule has 0 aromatic carbocycles. The molecule has 39 heavy (non-hydrogen) atoms. The highest BCUT2D eigenvalue weighted by Crippen LogP contribution is 2.78. The van der Waals surface area contributed by atoms with Crippen molar-refractivity contribution in [1.29, 1.82) is 0 Å². The SMILES string of the molecule is C=C(CO)[C@@H]1CC[C@]2(CCC(=O)O)CC[C@]3(C)[C@H](CC[C@@H]4[C@@]5(C)CC[C@H](CC(=O)O)C(C)(C)[C@@H]5CC[C@]43C)[C@@H]12. The third-order valence-corrected chi connectivity index (χ3v) is 14.8. The normalized spacial score (nSPS) is 48.3. The highest BCUT2D eigenvalue weighted by atomic mass is 16.4. The molecule has 220 valence electrons. The van der Waals surface area contributed by atoms with Gasteiger partial charge in [-0.2, -0.15) is 0 Å². The van der Waals surface area contributed by atoms with Gasteiger partial charge in [0.15, 0.2) is 0 Å². The van der Waals surface area contributed by atoms with Gasteiger partial charge in [0.05, 0.1) is 6.61 Å². The summed E-state index contributed by atoms with van der Waals surface area (Å²) in [6.45, 7) is 16.8. The maximum Gasteiger partial charge on any atom is 0.303 e. The van der Waals surface area contributed by atoms with E-state index in [0.717, 1.165) is 44.1 Å². The number of aliphatic hydroxyl groups excluding tert-OH is 1. The van der Waals surface area contributed by atoms with Crippen LogP contribution in [0.2, 0.25) is 0 Å². The van der Waals surface area contributed by atoms with Crippen molar-refractivity contribution in [2.45, 2.75) is 118 Å². The first-order valence-electron chi connectivity index (χ1n) is 15.9. The van der Waals surface area contributed by atoms with E-state index in [2.05, 4.69) is 41.2 Å². The standard InChI is InChI=1S/C34H54O5/c1-21(20-35)23-10-15-34(16-12-27(36)37)18-17-32(5)24(29(23)34)7-8-26-31(4)13-9-22(19-28(38)39)30(2,3)25(31)11-14-33(26,32)6/h22-26,29,35H,1,7-20H2,2-6H3,(H,36,37)(H,38,39)/t22-,23+,24-,25+,26-,29-,31+,32-,33-,34+/m1/s1. The van der Waals surface area contributed by atoms with Crippen molar-refractivity contribution >= 4 is 11.9 Å². The summed E-state index contributed by atoms with van der Waals surface area (Å²) in [5.41, 5.74) is 1.67. The van der Waals surface area contributed by atoms with E-state index in [-0.39, 0.29) is 52.4 Å². The number of hydrogen-bond acceptors (Lipinski definition) is 3. The quantitative estimate of drug-likeness (QED) is 0.288. The second kappa shape index (κ2) is 9.60. The van der Waals surface area contributed by atoms with Crippen LogP contribution in [0, 0.1) is 62.6 Å². The van der Waals surface area contributed by atoms with Crippen molar-refractivity contribution in [2.24, 2.45) is 62.6 Å². The van der Waals surface area contributed by atoms with E-state index in [4.69, 9.17) is 0 Å². The molecule has 5 nitrogen and oxygen atoms in total. The van der Waals surface area contributed by atoms with E-state index in [1.165, 1.54) is 32.1 Å². The van der Waals surface area contributed by atoms with Crippen molar-refractivity contribution in [1.82, 2.24) is 0 Å². The summed E-state index contributed by atoms with van der Waals surface area (Å²) in [6, 6.07) is 0. The minimum atomic E-state index is -0.691. The van der Waals surface area contributed by atoms with Gasteiger partial charge < -0.3 is 15.3 Å². The Morgan fingerprint density at radius 1 is 0.795 bits per heavy atom. The van der Waals surface area contributed by atoms with Gasteiger partial charge in [-0.3, -0.25) is 9.59 Å². The average Bonchev–Trinajstić information content (AvgIpc) is 3.24. The van der Waals surface area contributed by atoms with Crippen molar-refractivity contribution in [3.63, 3.8) is 0 Å². The topological polar surface area (TPSA) is 94.8 Å². The number of carboxylic acid groups (broad SMARTS) is 2. The molecule has 5 rings (SSSR count). The molecule has 0 unspecified atom stereocenters. The molecule has 10 atom stereocenters. The van der Waals surface area contributed by atoms with E-state index < -0.39 is 11.9 Å². The second-order valence-corrected chi connectivity index (χ2v) is 16.1. The zero-order chi connectivity index (χ0) is 28.6. The fraction of sp³-hybridized carbons (Fsp3) is 0.882. The van der Waals surface area contributed by atoms with E-state index in [1.54, 1.807) is 0 Å². The summed E-state index contributed by atoms with van der Waals surface area (Å²) < 4.78 is 0. The fourth-order valence-corrected chi connectivity index (χ4v) is 12.7. The lowest BCUT2D eigenvalue weighted by Crippen LogP contribution is -2.66. The summed E-state index contributed by atoms with van der Waals surface area (Å²) >= 11 is 0. The minimum absolute atomic E-state index is 0.0262. The van der Waals surface area contributed by atoms with Crippen LogP contribution in [0.5, 0.6) is 0 Å². The van der Waals surface area contributed by atoms with Gasteiger partial charge in [0, 0.05) is 12.8 Å². The van der Waals surface area contributed by atoms with Crippen LogP contribution in [0.1, 0.15) is 118 Å². The molecule has 5 aliphatic carbocycles. The lowest BCUT2D eigenvalue weighted by molar-refractivity contribution is -0.243. The fourth-order valence-electron chi connectivity index (χ4n) is 12.7. The van der Waals surface area contributed by atoms with Gasteiger partial charge in [-0.25, -0.2) is 0 Å². The first-order chi connectivity index (χ1) is 18.2. The molecule has 0 bridgehead atoms. The molecule has 0 aromatic heterocycles. The van der Waals surface area contributed by atoms with Gasteiger partial charge in [0.25, 0.3) is 0 Å². The maximum atomic E-state index is 11.7. The van der Waals surface area contributed by atoms with Crippen molar-refractivity contribution in [2.75, 3.05) is 6.61 Å². The average molecular weight is 543 g/mol. The Kier molecular flexibility index (Phi) is 7.17. The third kappa shape index (κ3) is 4.09. The lowest BCUT2D eigenvalue weighted by Gasteiger charge is -2.73. The largest absolute Gasteiger partial charge is 0.481 e. The highest BCUT2D eigenvalue weighted by Gasteiger charge is 2.70. The highest BCUT2D eigenvalue weighted by molar-refractivity contribution is 5.67. The molecule has 5 heteroatoms. The minimum Gasteiger partial charge on any atom is -0.481 e. The number of fused-ring (bicyclic) bond motifs is 7. The van der Waals surface area contributed by atoms with E-state index in [1.807, 2.05) is 0 Å². The summed E-state index contributed by atoms with van der Waals surface area (Å²) in [5.74, 6) is 1.33. The monoisotopic (exact) mass is 542 g/mol. The Hall–Kier alpha value is -1.36. The van der Waals surface area contributed by atoms with Crippen LogP contribution in [0.25, 0.3) is 0 Å². The smallest absolute Gasteiger partial charge is 0.303 e. The Balaban J connectivity index is 1.50. The molecule has 0 aromatic rings. The molecule has 0 radical (unpaired) electrons. The zero-order valence-corrected chi connectivity index (χ0v) is 25.2. The summed E-state index contributed by atoms with van der Waals surface area (Å²) in [7, 11) is 0. The zero-order valence-electron chi connectivity index (χ0n) is 25.2. The van der Waals surface area contributed by atoms with E-state index in [0.29, 0.717) is 29.6 Å². The van der Waals surface area contributed by atoms with Gasteiger partial charge in [-0.1, -0.05) is 41.2 Å². The molecule has 5 saturated carbocycles. The Bertz CT molecular complexity index is 1020. The van der Waals surface area contributed by atoms with Crippen LogP contribution in [0.15, 0.2) is 12.2 Å². The molecular formula is C34H54O5. The summed E-state index contributed by atoms with van der Waals surface area (Å²) in [5, 5.41) is 29.4. The number of carbonyl (C=O) groups is 2. The van der Waals surface area contributed by atoms with Crippen LogP contribution < -0.4 is 0 Å². The van der Waals surface area contributed by atoms with E-state index >= 15 is 0 Å². The molecule has 0 heterocycles. The van der Waals surface area contributed by atoms with Crippen molar-refractivity contribution in [3.05, 3.63) is 12.2 Å². The Labute approximate surface area is 236 Å². The molecule has 5 fully saturated rings.